The number of hydrogen-bond donors (Lipinski definition) is 2. The van der Waals surface area contributed by atoms with Crippen molar-refractivity contribution in [3.05, 3.63) is 73.9 Å². The summed E-state index contributed by atoms with van der Waals surface area (Å²) in [4.78, 5) is 54.9. The van der Waals surface area contributed by atoms with Crippen molar-refractivity contribution in [1.29, 1.82) is 0 Å². The second-order valence-electron chi connectivity index (χ2n) is 8.57. The fraction of sp³-hybridized carbons (Fsp3) is 0.360. The van der Waals surface area contributed by atoms with Crippen molar-refractivity contribution in [2.75, 3.05) is 11.9 Å². The molecule has 0 aliphatic carbocycles. The monoisotopic (exact) mass is 448 g/mol. The SMILES string of the molecule is CCn1c(=O)[nH]c2cc(C(=O)Nc3ccc(C(=O)N4CCCCC4C)cc3C)ccc2c1=O. The maximum Gasteiger partial charge on any atom is 0.328 e. The first kappa shape index (κ1) is 22.5. The van der Waals surface area contributed by atoms with Gasteiger partial charge in [-0.3, -0.25) is 19.0 Å². The lowest BCUT2D eigenvalue weighted by Gasteiger charge is -2.33. The molecule has 0 bridgehead atoms. The maximum atomic E-state index is 12.9. The Morgan fingerprint density at radius 2 is 1.85 bits per heavy atom. The molecular formula is C25H28N4O4. The Kier molecular flexibility index (Phi) is 6.18. The molecule has 1 unspecified atom stereocenters. The minimum Gasteiger partial charge on any atom is -0.336 e. The number of likely N-dealkylation sites (tertiary alicyclic amines) is 1. The quantitative estimate of drug-likeness (QED) is 0.639. The Morgan fingerprint density at radius 3 is 2.55 bits per heavy atom. The minimum absolute atomic E-state index is 0.0133. The predicted molar refractivity (Wildman–Crippen MR) is 128 cm³/mol. The lowest BCUT2D eigenvalue weighted by Crippen LogP contribution is -2.42. The summed E-state index contributed by atoms with van der Waals surface area (Å²) in [6.07, 6.45) is 3.18. The molecular weight excluding hydrogens is 420 g/mol. The van der Waals surface area contributed by atoms with Gasteiger partial charge in [-0.2, -0.15) is 0 Å². The van der Waals surface area contributed by atoms with Crippen LogP contribution in [0.25, 0.3) is 10.9 Å². The first-order valence-electron chi connectivity index (χ1n) is 11.3. The van der Waals surface area contributed by atoms with Gasteiger partial charge in [0.25, 0.3) is 17.4 Å². The lowest BCUT2D eigenvalue weighted by atomic mass is 10.0. The normalized spacial score (nSPS) is 16.1. The average Bonchev–Trinajstić information content (AvgIpc) is 2.80. The van der Waals surface area contributed by atoms with E-state index in [0.29, 0.717) is 27.7 Å². The number of fused-ring (bicyclic) bond motifs is 1. The van der Waals surface area contributed by atoms with Crippen LogP contribution in [0, 0.1) is 6.92 Å². The molecule has 2 heterocycles. The molecule has 8 nitrogen and oxygen atoms in total. The first-order valence-corrected chi connectivity index (χ1v) is 11.3. The number of H-pyrrole nitrogens is 1. The standard InChI is InChI=1S/C25H28N4O4/c1-4-28-24(32)19-10-8-17(14-21(19)27-25(28)33)22(30)26-20-11-9-18(13-15(20)2)23(31)29-12-6-5-7-16(29)3/h8-11,13-14,16H,4-7,12H2,1-3H3,(H,26,30)(H,27,33). The highest BCUT2D eigenvalue weighted by Crippen LogP contribution is 2.23. The van der Waals surface area contributed by atoms with Gasteiger partial charge in [0, 0.05) is 35.9 Å². The topological polar surface area (TPSA) is 104 Å². The number of aromatic nitrogens is 2. The van der Waals surface area contributed by atoms with E-state index in [1.807, 2.05) is 11.8 Å². The van der Waals surface area contributed by atoms with Crippen molar-refractivity contribution in [3.63, 3.8) is 0 Å². The number of anilines is 1. The molecule has 1 atom stereocenters. The van der Waals surface area contributed by atoms with Crippen LogP contribution in [0.4, 0.5) is 5.69 Å². The van der Waals surface area contributed by atoms with Gasteiger partial charge in [0.15, 0.2) is 0 Å². The molecule has 1 aliphatic rings. The number of carbonyl (C=O) groups excluding carboxylic acids is 2. The van der Waals surface area contributed by atoms with E-state index in [9.17, 15) is 19.2 Å². The zero-order valence-electron chi connectivity index (χ0n) is 19.1. The van der Waals surface area contributed by atoms with E-state index >= 15 is 0 Å². The van der Waals surface area contributed by atoms with E-state index in [4.69, 9.17) is 0 Å². The molecule has 2 aromatic carbocycles. The third kappa shape index (κ3) is 4.33. The molecule has 1 saturated heterocycles. The van der Waals surface area contributed by atoms with Crippen LogP contribution < -0.4 is 16.6 Å². The van der Waals surface area contributed by atoms with Crippen molar-refractivity contribution in [2.45, 2.75) is 52.6 Å². The Morgan fingerprint density at radius 1 is 1.09 bits per heavy atom. The number of aromatic amines is 1. The van der Waals surface area contributed by atoms with E-state index in [1.54, 1.807) is 37.3 Å². The van der Waals surface area contributed by atoms with E-state index in [0.717, 1.165) is 35.9 Å². The van der Waals surface area contributed by atoms with Crippen LogP contribution in [-0.2, 0) is 6.54 Å². The Balaban J connectivity index is 1.56. The number of aryl methyl sites for hydroxylation is 1. The number of nitrogens with zero attached hydrogens (tertiary/aromatic N) is 2. The van der Waals surface area contributed by atoms with Crippen LogP contribution in [0.1, 0.15) is 59.4 Å². The predicted octanol–water partition coefficient (Wildman–Crippen LogP) is 3.29. The number of rotatable bonds is 4. The maximum absolute atomic E-state index is 12.9. The summed E-state index contributed by atoms with van der Waals surface area (Å²) >= 11 is 0. The molecule has 1 aromatic heterocycles. The molecule has 2 amide bonds. The summed E-state index contributed by atoms with van der Waals surface area (Å²) in [5.41, 5.74) is 1.71. The third-order valence-electron chi connectivity index (χ3n) is 6.35. The van der Waals surface area contributed by atoms with Crippen LogP contribution >= 0.6 is 0 Å². The molecule has 2 N–H and O–H groups in total. The molecule has 1 aliphatic heterocycles. The van der Waals surface area contributed by atoms with Crippen molar-refractivity contribution in [2.24, 2.45) is 0 Å². The highest BCUT2D eigenvalue weighted by atomic mass is 16.2. The Labute approximate surface area is 191 Å². The lowest BCUT2D eigenvalue weighted by molar-refractivity contribution is 0.0635. The Bertz CT molecular complexity index is 1350. The van der Waals surface area contributed by atoms with Gasteiger partial charge in [0.2, 0.25) is 0 Å². The van der Waals surface area contributed by atoms with Crippen LogP contribution in [0.15, 0.2) is 46.0 Å². The Hall–Kier alpha value is -3.68. The number of nitrogens with one attached hydrogen (secondary N) is 2. The van der Waals surface area contributed by atoms with Gasteiger partial charge in [0.1, 0.15) is 0 Å². The van der Waals surface area contributed by atoms with Crippen LogP contribution in [-0.4, -0.2) is 38.9 Å². The van der Waals surface area contributed by atoms with Crippen molar-refractivity contribution >= 4 is 28.4 Å². The second kappa shape index (κ2) is 9.05. The number of benzene rings is 2. The van der Waals surface area contributed by atoms with Crippen molar-refractivity contribution in [1.82, 2.24) is 14.5 Å². The minimum atomic E-state index is -0.508. The third-order valence-corrected chi connectivity index (χ3v) is 6.35. The molecule has 3 aromatic rings. The highest BCUT2D eigenvalue weighted by Gasteiger charge is 2.24. The molecule has 0 radical (unpaired) electrons. The van der Waals surface area contributed by atoms with Crippen LogP contribution in [0.2, 0.25) is 0 Å². The second-order valence-corrected chi connectivity index (χ2v) is 8.57. The highest BCUT2D eigenvalue weighted by molar-refractivity contribution is 6.06. The summed E-state index contributed by atoms with van der Waals surface area (Å²) in [6.45, 7) is 6.67. The molecule has 0 spiro atoms. The number of hydrogen-bond acceptors (Lipinski definition) is 4. The molecule has 0 saturated carbocycles. The number of piperidine rings is 1. The van der Waals surface area contributed by atoms with Gasteiger partial charge in [0.05, 0.1) is 10.9 Å². The molecule has 1 fully saturated rings. The zero-order valence-corrected chi connectivity index (χ0v) is 19.1. The van der Waals surface area contributed by atoms with Gasteiger partial charge < -0.3 is 15.2 Å². The molecule has 33 heavy (non-hydrogen) atoms. The van der Waals surface area contributed by atoms with E-state index in [2.05, 4.69) is 17.2 Å². The van der Waals surface area contributed by atoms with Crippen LogP contribution in [0.5, 0.6) is 0 Å². The fourth-order valence-corrected chi connectivity index (χ4v) is 4.38. The zero-order chi connectivity index (χ0) is 23.7. The summed E-state index contributed by atoms with van der Waals surface area (Å²) < 4.78 is 1.11. The van der Waals surface area contributed by atoms with E-state index in [1.165, 1.54) is 6.07 Å². The molecule has 172 valence electrons. The first-order chi connectivity index (χ1) is 15.8. The van der Waals surface area contributed by atoms with Crippen molar-refractivity contribution in [3.8, 4) is 0 Å². The smallest absolute Gasteiger partial charge is 0.328 e. The van der Waals surface area contributed by atoms with Gasteiger partial charge in [-0.05, 0) is 82.0 Å². The summed E-state index contributed by atoms with van der Waals surface area (Å²) in [5.74, 6) is -0.358. The van der Waals surface area contributed by atoms with Gasteiger partial charge in [-0.25, -0.2) is 4.79 Å². The average molecular weight is 449 g/mol. The molecule has 8 heteroatoms. The summed E-state index contributed by atoms with van der Waals surface area (Å²) in [6, 6.07) is 10.1. The van der Waals surface area contributed by atoms with Crippen LogP contribution in [0.3, 0.4) is 0 Å². The number of amides is 2. The fourth-order valence-electron chi connectivity index (χ4n) is 4.38. The molecule has 4 rings (SSSR count). The summed E-state index contributed by atoms with van der Waals surface area (Å²) in [5, 5.41) is 3.20. The largest absolute Gasteiger partial charge is 0.336 e. The van der Waals surface area contributed by atoms with E-state index < -0.39 is 5.69 Å². The van der Waals surface area contributed by atoms with Crippen molar-refractivity contribution < 1.29 is 9.59 Å². The summed E-state index contributed by atoms with van der Waals surface area (Å²) in [7, 11) is 0. The van der Waals surface area contributed by atoms with E-state index in [-0.39, 0.29) is 30.0 Å². The van der Waals surface area contributed by atoms with Gasteiger partial charge in [-0.1, -0.05) is 0 Å². The van der Waals surface area contributed by atoms with Gasteiger partial charge >= 0.3 is 5.69 Å². The van der Waals surface area contributed by atoms with Gasteiger partial charge in [-0.15, -0.1) is 0 Å². The number of carbonyl (C=O) groups is 2.